The van der Waals surface area contributed by atoms with E-state index in [0.29, 0.717) is 41.5 Å². The third kappa shape index (κ3) is 6.71. The molecule has 0 saturated carbocycles. The van der Waals surface area contributed by atoms with Crippen molar-refractivity contribution in [1.29, 1.82) is 0 Å². The van der Waals surface area contributed by atoms with E-state index >= 15 is 0 Å². The van der Waals surface area contributed by atoms with Crippen LogP contribution in [-0.2, 0) is 30.9 Å². The number of methoxy groups -OCH3 is 1. The predicted molar refractivity (Wildman–Crippen MR) is 171 cm³/mol. The van der Waals surface area contributed by atoms with Gasteiger partial charge in [0.15, 0.2) is 0 Å². The normalized spacial score (nSPS) is 26.2. The summed E-state index contributed by atoms with van der Waals surface area (Å²) < 4.78 is 35.4. The Balaban J connectivity index is 1.36. The molecule has 2 aliphatic rings. The van der Waals surface area contributed by atoms with E-state index in [9.17, 15) is 14.6 Å². The number of hydrogen-bond donors (Lipinski definition) is 2. The quantitative estimate of drug-likeness (QED) is 0.273. The van der Waals surface area contributed by atoms with Gasteiger partial charge in [0.2, 0.25) is 0 Å². The molecule has 2 saturated heterocycles. The van der Waals surface area contributed by atoms with Gasteiger partial charge in [0.25, 0.3) is 0 Å². The Hall–Kier alpha value is -2.46. The molecule has 4 unspecified atom stereocenters. The number of carbonyl (C=O) groups is 1. The average molecular weight is 651 g/mol. The first-order valence-corrected chi connectivity index (χ1v) is 18.6. The SMILES string of the molecule is COc1ccc(CC([PH]2(O)OC(C)C(C)O2)[PH]2(O)OC(C)C(C)O2)cc1C(=O)N(C)CCc1nc(-c2ccccc2)oc1C. The zero-order chi connectivity index (χ0) is 31.8. The number of aryl methyl sites for hydroxylation is 1. The van der Waals surface area contributed by atoms with Crippen LogP contribution in [0.3, 0.4) is 0 Å². The fourth-order valence-corrected chi connectivity index (χ4v) is 12.9. The van der Waals surface area contributed by atoms with Crippen molar-refractivity contribution in [3.05, 3.63) is 71.1 Å². The summed E-state index contributed by atoms with van der Waals surface area (Å²) in [5.41, 5.74) is 2.69. The second-order valence-electron chi connectivity index (χ2n) is 11.7. The van der Waals surface area contributed by atoms with E-state index in [2.05, 4.69) is 4.98 Å². The topological polar surface area (TPSA) is 133 Å². The van der Waals surface area contributed by atoms with Crippen molar-refractivity contribution < 1.29 is 41.8 Å². The standard InChI is InChI=1S/C31H44N2O9P2/c1-19-20(2)40-43(35,39-19)29(44(36)41-21(3)22(4)42-44)18-24-13-14-28(37-7)26(17-24)31(34)33(6)16-15-27-23(5)38-30(32-27)25-11-9-8-10-12-25/h8-14,17,19-22,29,35-36,43-44H,15-16,18H2,1-7H3. The Labute approximate surface area is 259 Å². The Morgan fingerprint density at radius 3 is 2.07 bits per heavy atom. The van der Waals surface area contributed by atoms with E-state index in [1.165, 1.54) is 7.11 Å². The van der Waals surface area contributed by atoms with Crippen LogP contribution < -0.4 is 4.74 Å². The van der Waals surface area contributed by atoms with E-state index < -0.39 is 21.3 Å². The van der Waals surface area contributed by atoms with Crippen molar-refractivity contribution in [3.63, 3.8) is 0 Å². The number of nitrogens with zero attached hydrogens (tertiary/aromatic N) is 2. The molecule has 1 amide bonds. The van der Waals surface area contributed by atoms with E-state index in [1.807, 2.05) is 65.0 Å². The minimum atomic E-state index is -3.97. The Kier molecular flexibility index (Phi) is 9.81. The predicted octanol–water partition coefficient (Wildman–Crippen LogP) is 5.46. The minimum absolute atomic E-state index is 0.124. The number of benzene rings is 2. The van der Waals surface area contributed by atoms with Crippen molar-refractivity contribution >= 4 is 21.8 Å². The molecule has 0 spiro atoms. The number of amides is 1. The molecule has 242 valence electrons. The molecule has 44 heavy (non-hydrogen) atoms. The summed E-state index contributed by atoms with van der Waals surface area (Å²) in [5, 5.41) is -0.933. The van der Waals surface area contributed by atoms with Gasteiger partial charge in [-0.2, -0.15) is 0 Å². The molecule has 4 atom stereocenters. The second-order valence-corrected chi connectivity index (χ2v) is 17.1. The molecule has 1 aromatic heterocycles. The molecule has 2 fully saturated rings. The molecule has 0 bridgehead atoms. The summed E-state index contributed by atoms with van der Waals surface area (Å²) in [6.45, 7) is 9.55. The number of aromatic nitrogens is 1. The second kappa shape index (κ2) is 13.1. The van der Waals surface area contributed by atoms with E-state index in [0.717, 1.165) is 11.3 Å². The fraction of sp³-hybridized carbons (Fsp3) is 0.484. The van der Waals surface area contributed by atoms with Crippen LogP contribution in [0.25, 0.3) is 11.5 Å². The maximum atomic E-state index is 13.7. The summed E-state index contributed by atoms with van der Waals surface area (Å²) in [7, 11) is -4.70. The molecule has 0 radical (unpaired) electrons. The van der Waals surface area contributed by atoms with E-state index in [4.69, 9.17) is 27.2 Å². The third-order valence-corrected chi connectivity index (χ3v) is 15.7. The number of hydrogen-bond acceptors (Lipinski definition) is 10. The molecule has 2 aliphatic heterocycles. The van der Waals surface area contributed by atoms with Gasteiger partial charge in [-0.05, 0) is 12.1 Å². The average Bonchev–Trinajstić information content (AvgIpc) is 3.60. The molecule has 2 N–H and O–H groups in total. The maximum absolute atomic E-state index is 13.7. The van der Waals surface area contributed by atoms with Gasteiger partial charge in [-0.15, -0.1) is 0 Å². The number of oxazole rings is 1. The van der Waals surface area contributed by atoms with Gasteiger partial charge < -0.3 is 0 Å². The number of rotatable bonds is 10. The molecular formula is C31H44N2O9P2. The van der Waals surface area contributed by atoms with Crippen molar-refractivity contribution in [2.24, 2.45) is 0 Å². The van der Waals surface area contributed by atoms with Crippen LogP contribution in [0.5, 0.6) is 5.75 Å². The van der Waals surface area contributed by atoms with Crippen LogP contribution in [0.2, 0.25) is 0 Å². The van der Waals surface area contributed by atoms with Gasteiger partial charge in [-0.1, -0.05) is 18.2 Å². The van der Waals surface area contributed by atoms with Crippen molar-refractivity contribution in [3.8, 4) is 17.2 Å². The van der Waals surface area contributed by atoms with Crippen LogP contribution in [0, 0.1) is 6.92 Å². The van der Waals surface area contributed by atoms with Crippen LogP contribution in [-0.4, -0.2) is 76.1 Å². The zero-order valence-electron chi connectivity index (χ0n) is 26.3. The number of ether oxygens (including phenoxy) is 1. The molecule has 0 aliphatic carbocycles. The van der Waals surface area contributed by atoms with Gasteiger partial charge in [0.05, 0.1) is 0 Å². The third-order valence-electron chi connectivity index (χ3n) is 8.50. The first-order chi connectivity index (χ1) is 20.8. The van der Waals surface area contributed by atoms with Gasteiger partial charge in [0, 0.05) is 5.56 Å². The van der Waals surface area contributed by atoms with Gasteiger partial charge >= 0.3 is 224 Å². The van der Waals surface area contributed by atoms with Crippen LogP contribution in [0.1, 0.15) is 55.1 Å². The summed E-state index contributed by atoms with van der Waals surface area (Å²) in [5.74, 6) is 1.41. The zero-order valence-corrected chi connectivity index (χ0v) is 28.3. The van der Waals surface area contributed by atoms with Crippen molar-refractivity contribution in [1.82, 2.24) is 9.88 Å². The fourth-order valence-electron chi connectivity index (χ4n) is 5.55. The first kappa shape index (κ1) is 32.9. The van der Waals surface area contributed by atoms with E-state index in [1.54, 1.807) is 30.1 Å². The van der Waals surface area contributed by atoms with Gasteiger partial charge in [-0.25, -0.2) is 0 Å². The molecule has 5 rings (SSSR count). The van der Waals surface area contributed by atoms with Gasteiger partial charge in [0.1, 0.15) is 0 Å². The van der Waals surface area contributed by atoms with Crippen molar-refractivity contribution in [2.75, 3.05) is 20.7 Å². The number of likely N-dealkylation sites (N-methyl/N-ethyl adjacent to an activating group) is 1. The first-order valence-electron chi connectivity index (χ1n) is 14.9. The van der Waals surface area contributed by atoms with Crippen LogP contribution >= 0.6 is 15.9 Å². The summed E-state index contributed by atoms with van der Waals surface area (Å²) in [6.07, 6.45) is -0.812. The summed E-state index contributed by atoms with van der Waals surface area (Å²) >= 11 is 0. The van der Waals surface area contributed by atoms with Crippen LogP contribution in [0.4, 0.5) is 0 Å². The molecular weight excluding hydrogens is 606 g/mol. The number of carbonyl (C=O) groups excluding carboxylic acids is 1. The summed E-state index contributed by atoms with van der Waals surface area (Å²) in [6, 6.07) is 14.9. The Morgan fingerprint density at radius 2 is 1.52 bits per heavy atom. The molecule has 11 nitrogen and oxygen atoms in total. The molecule has 13 heteroatoms. The van der Waals surface area contributed by atoms with Gasteiger partial charge in [-0.3, -0.25) is 0 Å². The van der Waals surface area contributed by atoms with E-state index in [-0.39, 0.29) is 36.7 Å². The molecule has 2 aromatic carbocycles. The Morgan fingerprint density at radius 1 is 0.955 bits per heavy atom. The monoisotopic (exact) mass is 650 g/mol. The van der Waals surface area contributed by atoms with Crippen LogP contribution in [0.15, 0.2) is 52.9 Å². The van der Waals surface area contributed by atoms with Crippen molar-refractivity contribution in [2.45, 2.75) is 77.3 Å². The molecule has 3 heterocycles. The molecule has 3 aromatic rings. The summed E-state index contributed by atoms with van der Waals surface area (Å²) in [4.78, 5) is 43.4. The Bertz CT molecular complexity index is 1420.